The van der Waals surface area contributed by atoms with Crippen molar-refractivity contribution in [2.24, 2.45) is 0 Å². The highest BCUT2D eigenvalue weighted by Crippen LogP contribution is 2.07. The summed E-state index contributed by atoms with van der Waals surface area (Å²) < 4.78 is 1.77. The third kappa shape index (κ3) is 3.16. The van der Waals surface area contributed by atoms with E-state index < -0.39 is 4.92 Å². The number of hydrogen-bond acceptors (Lipinski definition) is 3. The Morgan fingerprint density at radius 1 is 1.50 bits per heavy atom. The van der Waals surface area contributed by atoms with E-state index >= 15 is 0 Å². The monoisotopic (exact) mass is 197 g/mol. The average molecular weight is 197 g/mol. The van der Waals surface area contributed by atoms with E-state index in [2.05, 4.69) is 11.9 Å². The van der Waals surface area contributed by atoms with Gasteiger partial charge in [-0.25, -0.2) is 0 Å². The maximum Gasteiger partial charge on any atom is 0.381 e. The summed E-state index contributed by atoms with van der Waals surface area (Å²) in [5.74, 6) is -0.0690. The van der Waals surface area contributed by atoms with Crippen molar-refractivity contribution < 1.29 is 4.92 Å². The molecule has 0 spiro atoms. The van der Waals surface area contributed by atoms with Crippen molar-refractivity contribution in [2.75, 3.05) is 0 Å². The summed E-state index contributed by atoms with van der Waals surface area (Å²) in [6.45, 7) is 2.98. The summed E-state index contributed by atoms with van der Waals surface area (Å²) in [5, 5.41) is 10.3. The molecule has 0 unspecified atom stereocenters. The fourth-order valence-electron chi connectivity index (χ4n) is 1.29. The Balaban J connectivity index is 2.33. The van der Waals surface area contributed by atoms with Gasteiger partial charge in [-0.2, -0.15) is 0 Å². The van der Waals surface area contributed by atoms with E-state index in [4.69, 9.17) is 0 Å². The van der Waals surface area contributed by atoms with Crippen molar-refractivity contribution in [2.45, 2.75) is 39.2 Å². The Morgan fingerprint density at radius 2 is 2.29 bits per heavy atom. The van der Waals surface area contributed by atoms with Crippen molar-refractivity contribution in [1.82, 2.24) is 9.55 Å². The summed E-state index contributed by atoms with van der Waals surface area (Å²) in [5.41, 5.74) is 0. The minimum Gasteiger partial charge on any atom is -0.358 e. The van der Waals surface area contributed by atoms with Crippen molar-refractivity contribution in [1.29, 1.82) is 0 Å². The van der Waals surface area contributed by atoms with Gasteiger partial charge in [0.2, 0.25) is 6.33 Å². The van der Waals surface area contributed by atoms with Gasteiger partial charge in [-0.3, -0.25) is 0 Å². The van der Waals surface area contributed by atoms with Crippen LogP contribution in [-0.2, 0) is 6.54 Å². The number of imidazole rings is 1. The molecule has 0 aliphatic heterocycles. The zero-order valence-corrected chi connectivity index (χ0v) is 8.35. The van der Waals surface area contributed by atoms with E-state index in [1.165, 1.54) is 31.8 Å². The molecule has 1 aromatic heterocycles. The second kappa shape index (κ2) is 5.36. The SMILES string of the molecule is CCCCCCn1cnc([N+](=O)[O-])c1. The van der Waals surface area contributed by atoms with E-state index in [0.29, 0.717) is 0 Å². The van der Waals surface area contributed by atoms with Crippen LogP contribution in [0, 0.1) is 10.1 Å². The molecule has 5 nitrogen and oxygen atoms in total. The Bertz CT molecular complexity index is 296. The van der Waals surface area contributed by atoms with E-state index in [9.17, 15) is 10.1 Å². The molecule has 0 atom stereocenters. The molecule has 0 saturated carbocycles. The standard InChI is InChI=1S/C9H15N3O2/c1-2-3-4-5-6-11-7-9(10-8-11)12(13)14/h7-8H,2-6H2,1H3. The minimum atomic E-state index is -0.470. The summed E-state index contributed by atoms with van der Waals surface area (Å²) >= 11 is 0. The number of aryl methyl sites for hydroxylation is 1. The molecule has 14 heavy (non-hydrogen) atoms. The molecule has 0 fully saturated rings. The first-order chi connectivity index (χ1) is 6.74. The molecule has 0 aliphatic rings. The molecular formula is C9H15N3O2. The molecule has 0 aliphatic carbocycles. The van der Waals surface area contributed by atoms with Crippen LogP contribution < -0.4 is 0 Å². The predicted molar refractivity (Wildman–Crippen MR) is 53.0 cm³/mol. The fraction of sp³-hybridized carbons (Fsp3) is 0.667. The Morgan fingerprint density at radius 3 is 2.86 bits per heavy atom. The molecule has 1 aromatic rings. The zero-order chi connectivity index (χ0) is 10.4. The number of rotatable bonds is 6. The van der Waals surface area contributed by atoms with Gasteiger partial charge in [0.15, 0.2) is 0 Å². The quantitative estimate of drug-likeness (QED) is 0.399. The molecule has 0 saturated heterocycles. The summed E-state index contributed by atoms with van der Waals surface area (Å²) in [6, 6.07) is 0. The smallest absolute Gasteiger partial charge is 0.358 e. The highest BCUT2D eigenvalue weighted by atomic mass is 16.6. The summed E-state index contributed by atoms with van der Waals surface area (Å²) in [4.78, 5) is 13.5. The second-order valence-electron chi connectivity index (χ2n) is 3.29. The summed E-state index contributed by atoms with van der Waals surface area (Å²) in [6.07, 6.45) is 7.64. The maximum absolute atomic E-state index is 10.3. The van der Waals surface area contributed by atoms with E-state index in [-0.39, 0.29) is 5.82 Å². The van der Waals surface area contributed by atoms with Gasteiger partial charge in [0.25, 0.3) is 0 Å². The Labute approximate surface area is 82.9 Å². The topological polar surface area (TPSA) is 61.0 Å². The van der Waals surface area contributed by atoms with Crippen LogP contribution in [0.15, 0.2) is 12.5 Å². The van der Waals surface area contributed by atoms with Crippen molar-refractivity contribution in [3.8, 4) is 0 Å². The van der Waals surface area contributed by atoms with Gasteiger partial charge < -0.3 is 14.7 Å². The van der Waals surface area contributed by atoms with Gasteiger partial charge in [-0.15, -0.1) is 0 Å². The lowest BCUT2D eigenvalue weighted by Gasteiger charge is -1.98. The van der Waals surface area contributed by atoms with Crippen LogP contribution in [0.2, 0.25) is 0 Å². The average Bonchev–Trinajstić information content (AvgIpc) is 2.61. The molecule has 1 heterocycles. The zero-order valence-electron chi connectivity index (χ0n) is 8.35. The van der Waals surface area contributed by atoms with E-state index in [1.807, 2.05) is 0 Å². The number of nitrogens with zero attached hydrogens (tertiary/aromatic N) is 3. The van der Waals surface area contributed by atoms with Crippen molar-refractivity contribution in [3.63, 3.8) is 0 Å². The maximum atomic E-state index is 10.3. The van der Waals surface area contributed by atoms with Crippen molar-refractivity contribution in [3.05, 3.63) is 22.6 Å². The van der Waals surface area contributed by atoms with Crippen LogP contribution >= 0.6 is 0 Å². The highest BCUT2D eigenvalue weighted by molar-refractivity contribution is 5.12. The van der Waals surface area contributed by atoms with Crippen LogP contribution in [-0.4, -0.2) is 14.5 Å². The van der Waals surface area contributed by atoms with Crippen LogP contribution in [0.5, 0.6) is 0 Å². The number of hydrogen-bond donors (Lipinski definition) is 0. The molecule has 5 heteroatoms. The van der Waals surface area contributed by atoms with E-state index in [1.54, 1.807) is 4.57 Å². The lowest BCUT2D eigenvalue weighted by Crippen LogP contribution is -1.94. The van der Waals surface area contributed by atoms with Crippen LogP contribution in [0.1, 0.15) is 32.6 Å². The minimum absolute atomic E-state index is 0.0690. The number of nitro groups is 1. The lowest BCUT2D eigenvalue weighted by molar-refractivity contribution is -0.389. The predicted octanol–water partition coefficient (Wildman–Crippen LogP) is 2.37. The second-order valence-corrected chi connectivity index (χ2v) is 3.29. The normalized spacial score (nSPS) is 10.4. The van der Waals surface area contributed by atoms with Crippen LogP contribution in [0.25, 0.3) is 0 Å². The molecular weight excluding hydrogens is 182 g/mol. The van der Waals surface area contributed by atoms with Gasteiger partial charge in [0.1, 0.15) is 6.20 Å². The molecule has 1 rings (SSSR count). The third-order valence-electron chi connectivity index (χ3n) is 2.08. The Kier molecular flexibility index (Phi) is 4.10. The first-order valence-electron chi connectivity index (χ1n) is 4.90. The van der Waals surface area contributed by atoms with E-state index in [0.717, 1.165) is 13.0 Å². The third-order valence-corrected chi connectivity index (χ3v) is 2.08. The molecule has 0 N–H and O–H groups in total. The van der Waals surface area contributed by atoms with Crippen molar-refractivity contribution >= 4 is 5.82 Å². The lowest BCUT2D eigenvalue weighted by atomic mass is 10.2. The first kappa shape index (κ1) is 10.7. The molecule has 78 valence electrons. The van der Waals surface area contributed by atoms with Gasteiger partial charge in [0.05, 0.1) is 0 Å². The van der Waals surface area contributed by atoms with Gasteiger partial charge in [-0.1, -0.05) is 26.2 Å². The molecule has 0 bridgehead atoms. The van der Waals surface area contributed by atoms with Gasteiger partial charge in [-0.05, 0) is 16.3 Å². The number of aromatic nitrogens is 2. The van der Waals surface area contributed by atoms with Gasteiger partial charge in [0, 0.05) is 6.54 Å². The first-order valence-corrected chi connectivity index (χ1v) is 4.90. The largest absolute Gasteiger partial charge is 0.381 e. The summed E-state index contributed by atoms with van der Waals surface area (Å²) in [7, 11) is 0. The highest BCUT2D eigenvalue weighted by Gasteiger charge is 2.08. The molecule has 0 aromatic carbocycles. The molecule has 0 radical (unpaired) electrons. The van der Waals surface area contributed by atoms with Crippen LogP contribution in [0.4, 0.5) is 5.82 Å². The van der Waals surface area contributed by atoms with Crippen LogP contribution in [0.3, 0.4) is 0 Å². The Hall–Kier alpha value is -1.39. The van der Waals surface area contributed by atoms with Gasteiger partial charge >= 0.3 is 5.82 Å². The molecule has 0 amide bonds. The fourth-order valence-corrected chi connectivity index (χ4v) is 1.29. The number of unbranched alkanes of at least 4 members (excludes halogenated alkanes) is 3.